The van der Waals surface area contributed by atoms with Crippen molar-refractivity contribution in [2.24, 2.45) is 0 Å². The lowest BCUT2D eigenvalue weighted by Gasteiger charge is -2.00. The van der Waals surface area contributed by atoms with Crippen LogP contribution in [0.4, 0.5) is 4.39 Å². The molecule has 0 spiro atoms. The molecule has 4 nitrogen and oxygen atoms in total. The highest BCUT2D eigenvalue weighted by Crippen LogP contribution is 2.29. The highest BCUT2D eigenvalue weighted by Gasteiger charge is 2.22. The van der Waals surface area contributed by atoms with Crippen molar-refractivity contribution in [1.29, 1.82) is 0 Å². The molecule has 1 aromatic heterocycles. The van der Waals surface area contributed by atoms with Crippen LogP contribution in [0.5, 0.6) is 0 Å². The number of methoxy groups -OCH3 is 1. The number of ketones is 1. The Morgan fingerprint density at radius 1 is 1.41 bits per heavy atom. The molecule has 2 aromatic rings. The quantitative estimate of drug-likeness (QED) is 0.526. The van der Waals surface area contributed by atoms with Gasteiger partial charge in [0.1, 0.15) is 5.82 Å². The molecule has 0 bridgehead atoms. The average molecular weight is 300 g/mol. The predicted molar refractivity (Wildman–Crippen MR) is 62.3 cm³/mol. The summed E-state index contributed by atoms with van der Waals surface area (Å²) in [7, 11) is 1.12. The second-order valence-electron chi connectivity index (χ2n) is 3.30. The van der Waals surface area contributed by atoms with Crippen LogP contribution in [0.1, 0.15) is 10.4 Å². The van der Waals surface area contributed by atoms with Gasteiger partial charge in [0.25, 0.3) is 5.78 Å². The summed E-state index contributed by atoms with van der Waals surface area (Å²) in [6.45, 7) is 0. The number of nitrogens with one attached hydrogen (secondary N) is 1. The lowest BCUT2D eigenvalue weighted by atomic mass is 10.1. The zero-order valence-corrected chi connectivity index (χ0v) is 10.3. The number of fused-ring (bicyclic) bond motifs is 1. The van der Waals surface area contributed by atoms with E-state index in [2.05, 4.69) is 25.7 Å². The van der Waals surface area contributed by atoms with E-state index in [9.17, 15) is 14.0 Å². The first-order chi connectivity index (χ1) is 8.06. The maximum atomic E-state index is 13.4. The highest BCUT2D eigenvalue weighted by molar-refractivity contribution is 9.10. The Morgan fingerprint density at radius 2 is 2.12 bits per heavy atom. The first kappa shape index (κ1) is 11.8. The van der Waals surface area contributed by atoms with Crippen LogP contribution < -0.4 is 0 Å². The number of H-pyrrole nitrogens is 1. The summed E-state index contributed by atoms with van der Waals surface area (Å²) in [6.07, 6.45) is 1.29. The molecule has 0 atom stereocenters. The fourth-order valence-electron chi connectivity index (χ4n) is 1.55. The number of benzene rings is 1. The molecule has 0 saturated heterocycles. The Kier molecular flexibility index (Phi) is 2.97. The van der Waals surface area contributed by atoms with Gasteiger partial charge in [-0.15, -0.1) is 0 Å². The van der Waals surface area contributed by atoms with Crippen LogP contribution in [0.15, 0.2) is 22.8 Å². The number of carbonyl (C=O) groups is 2. The topological polar surface area (TPSA) is 59.2 Å². The van der Waals surface area contributed by atoms with E-state index in [1.807, 2.05) is 0 Å². The molecular weight excluding hydrogens is 293 g/mol. The minimum Gasteiger partial charge on any atom is -0.463 e. The molecule has 0 aliphatic heterocycles. The van der Waals surface area contributed by atoms with Gasteiger partial charge in [-0.05, 0) is 12.1 Å². The van der Waals surface area contributed by atoms with Crippen molar-refractivity contribution < 1.29 is 18.7 Å². The van der Waals surface area contributed by atoms with Crippen LogP contribution in [0.2, 0.25) is 0 Å². The van der Waals surface area contributed by atoms with Gasteiger partial charge in [0.2, 0.25) is 0 Å². The summed E-state index contributed by atoms with van der Waals surface area (Å²) in [4.78, 5) is 25.5. The van der Waals surface area contributed by atoms with Gasteiger partial charge in [0.05, 0.1) is 18.2 Å². The first-order valence-corrected chi connectivity index (χ1v) is 5.43. The number of hydrogen-bond donors (Lipinski definition) is 1. The number of carbonyl (C=O) groups excluding carboxylic acids is 2. The molecule has 1 N–H and O–H groups in total. The molecule has 2 rings (SSSR count). The van der Waals surface area contributed by atoms with Crippen molar-refractivity contribution in [3.8, 4) is 0 Å². The lowest BCUT2D eigenvalue weighted by Crippen LogP contribution is -2.15. The van der Waals surface area contributed by atoms with Gasteiger partial charge in [-0.3, -0.25) is 4.79 Å². The van der Waals surface area contributed by atoms with Gasteiger partial charge in [-0.2, -0.15) is 0 Å². The number of halogens is 2. The molecule has 0 saturated carbocycles. The number of ether oxygens (including phenoxy) is 1. The van der Waals surface area contributed by atoms with Crippen LogP contribution in [0, 0.1) is 5.82 Å². The van der Waals surface area contributed by atoms with Crippen LogP contribution in [-0.4, -0.2) is 23.8 Å². The largest absolute Gasteiger partial charge is 0.463 e. The minimum atomic E-state index is -0.984. The van der Waals surface area contributed by atoms with E-state index in [1.165, 1.54) is 18.3 Å². The molecule has 1 heterocycles. The second-order valence-corrected chi connectivity index (χ2v) is 4.16. The summed E-state index contributed by atoms with van der Waals surface area (Å²) < 4.78 is 18.3. The Labute approximate surface area is 104 Å². The summed E-state index contributed by atoms with van der Waals surface area (Å²) in [5.41, 5.74) is 0.254. The maximum Gasteiger partial charge on any atom is 0.379 e. The molecule has 88 valence electrons. The Morgan fingerprint density at radius 3 is 2.76 bits per heavy atom. The molecule has 0 aliphatic carbocycles. The van der Waals surface area contributed by atoms with Gasteiger partial charge < -0.3 is 9.72 Å². The number of rotatable bonds is 2. The molecule has 0 radical (unpaired) electrons. The fraction of sp³-hybridized carbons (Fsp3) is 0.0909. The molecule has 0 amide bonds. The van der Waals surface area contributed by atoms with Gasteiger partial charge in [0, 0.05) is 16.1 Å². The number of aromatic amines is 1. The summed E-state index contributed by atoms with van der Waals surface area (Å²) in [5, 5.41) is 0.334. The van der Waals surface area contributed by atoms with Crippen molar-refractivity contribution in [3.63, 3.8) is 0 Å². The third-order valence-corrected chi connectivity index (χ3v) is 3.01. The SMILES string of the molecule is COC(=O)C(=O)c1c[nH]c2c(F)ccc(Br)c12. The molecule has 0 unspecified atom stereocenters. The third-order valence-electron chi connectivity index (χ3n) is 2.35. The second kappa shape index (κ2) is 4.29. The summed E-state index contributed by atoms with van der Waals surface area (Å²) in [6, 6.07) is 2.73. The van der Waals surface area contributed by atoms with E-state index in [4.69, 9.17) is 0 Å². The van der Waals surface area contributed by atoms with Gasteiger partial charge in [-0.1, -0.05) is 15.9 Å². The minimum absolute atomic E-state index is 0.0817. The molecule has 0 fully saturated rings. The Bertz CT molecular complexity index is 620. The Hall–Kier alpha value is -1.69. The monoisotopic (exact) mass is 299 g/mol. The molecule has 6 heteroatoms. The molecule has 0 aliphatic rings. The van der Waals surface area contributed by atoms with E-state index in [-0.39, 0.29) is 11.1 Å². The van der Waals surface area contributed by atoms with E-state index in [0.29, 0.717) is 9.86 Å². The standard InChI is InChI=1S/C11H7BrFNO3/c1-17-11(16)10(15)5-4-14-9-7(13)3-2-6(12)8(5)9/h2-4,14H,1H3. The van der Waals surface area contributed by atoms with Crippen molar-refractivity contribution in [3.05, 3.63) is 34.2 Å². The zero-order chi connectivity index (χ0) is 12.6. The van der Waals surface area contributed by atoms with Crippen molar-refractivity contribution in [1.82, 2.24) is 4.98 Å². The third kappa shape index (κ3) is 1.84. The number of hydrogen-bond acceptors (Lipinski definition) is 3. The highest BCUT2D eigenvalue weighted by atomic mass is 79.9. The number of aromatic nitrogens is 1. The molecular formula is C11H7BrFNO3. The predicted octanol–water partition coefficient (Wildman–Crippen LogP) is 2.43. The lowest BCUT2D eigenvalue weighted by molar-refractivity contribution is -0.135. The van der Waals surface area contributed by atoms with Gasteiger partial charge >= 0.3 is 5.97 Å². The van der Waals surface area contributed by atoms with Crippen molar-refractivity contribution in [2.75, 3.05) is 7.11 Å². The summed E-state index contributed by atoms with van der Waals surface area (Å²) in [5.74, 6) is -2.29. The normalized spacial score (nSPS) is 10.5. The number of esters is 1. The van der Waals surface area contributed by atoms with Crippen molar-refractivity contribution >= 4 is 38.6 Å². The van der Waals surface area contributed by atoms with Gasteiger partial charge in [-0.25, -0.2) is 9.18 Å². The zero-order valence-electron chi connectivity index (χ0n) is 8.71. The van der Waals surface area contributed by atoms with E-state index < -0.39 is 17.6 Å². The van der Waals surface area contributed by atoms with Gasteiger partial charge in [0.15, 0.2) is 0 Å². The molecule has 17 heavy (non-hydrogen) atoms. The summed E-state index contributed by atoms with van der Waals surface area (Å²) >= 11 is 3.21. The maximum absolute atomic E-state index is 13.4. The van der Waals surface area contributed by atoms with E-state index >= 15 is 0 Å². The van der Waals surface area contributed by atoms with Crippen molar-refractivity contribution in [2.45, 2.75) is 0 Å². The van der Waals surface area contributed by atoms with E-state index in [0.717, 1.165) is 7.11 Å². The van der Waals surface area contributed by atoms with E-state index in [1.54, 1.807) is 0 Å². The first-order valence-electron chi connectivity index (χ1n) is 4.64. The fourth-order valence-corrected chi connectivity index (χ4v) is 2.10. The average Bonchev–Trinajstić information content (AvgIpc) is 2.77. The smallest absolute Gasteiger partial charge is 0.379 e. The molecule has 1 aromatic carbocycles. The Balaban J connectivity index is 2.68. The van der Waals surface area contributed by atoms with Crippen LogP contribution >= 0.6 is 15.9 Å². The number of Topliss-reactive ketones (excluding diaryl/α,β-unsaturated/α-hetero) is 1. The van der Waals surface area contributed by atoms with Crippen LogP contribution in [-0.2, 0) is 9.53 Å². The van der Waals surface area contributed by atoms with Crippen LogP contribution in [0.25, 0.3) is 10.9 Å². The van der Waals surface area contributed by atoms with Crippen LogP contribution in [0.3, 0.4) is 0 Å².